The Kier molecular flexibility index (Phi) is 6.27. The zero-order valence-corrected chi connectivity index (χ0v) is 17.3. The molecular weight excluding hydrogens is 394 g/mol. The fourth-order valence-corrected chi connectivity index (χ4v) is 3.62. The van der Waals surface area contributed by atoms with Gasteiger partial charge in [0.25, 0.3) is 0 Å². The summed E-state index contributed by atoms with van der Waals surface area (Å²) in [5, 5.41) is 21.8. The van der Waals surface area contributed by atoms with E-state index in [1.54, 1.807) is 4.57 Å². The van der Waals surface area contributed by atoms with Crippen molar-refractivity contribution in [2.75, 3.05) is 16.4 Å². The molecule has 0 radical (unpaired) electrons. The van der Waals surface area contributed by atoms with Gasteiger partial charge in [0.2, 0.25) is 17.6 Å². The Labute approximate surface area is 171 Å². The fraction of sp³-hybridized carbons (Fsp3) is 0.333. The van der Waals surface area contributed by atoms with Crippen molar-refractivity contribution in [3.8, 4) is 11.5 Å². The summed E-state index contributed by atoms with van der Waals surface area (Å²) in [5.74, 6) is 0.288. The van der Waals surface area contributed by atoms with Gasteiger partial charge in [0.15, 0.2) is 16.7 Å². The van der Waals surface area contributed by atoms with Crippen LogP contribution in [0.1, 0.15) is 25.0 Å². The second-order valence-electron chi connectivity index (χ2n) is 6.41. The van der Waals surface area contributed by atoms with Gasteiger partial charge in [-0.25, -0.2) is 4.63 Å². The van der Waals surface area contributed by atoms with Crippen LogP contribution in [0.2, 0.25) is 0 Å². The van der Waals surface area contributed by atoms with Crippen LogP contribution in [0.4, 0.5) is 11.5 Å². The molecule has 0 saturated heterocycles. The number of anilines is 2. The Bertz CT molecular complexity index is 1020. The first-order valence-electron chi connectivity index (χ1n) is 8.92. The van der Waals surface area contributed by atoms with E-state index in [1.165, 1.54) is 18.7 Å². The lowest BCUT2D eigenvalue weighted by Gasteiger charge is -2.08. The molecule has 2 aromatic heterocycles. The normalized spacial score (nSPS) is 10.8. The van der Waals surface area contributed by atoms with E-state index in [0.717, 1.165) is 16.8 Å². The lowest BCUT2D eigenvalue weighted by atomic mass is 10.1. The highest BCUT2D eigenvalue weighted by atomic mass is 32.2. The van der Waals surface area contributed by atoms with Crippen molar-refractivity contribution >= 4 is 35.1 Å². The number of nitrogens with zero attached hydrogens (tertiary/aromatic N) is 5. The number of nitrogens with one attached hydrogen (secondary N) is 2. The molecule has 0 aliphatic heterocycles. The van der Waals surface area contributed by atoms with Crippen LogP contribution in [-0.2, 0) is 16.1 Å². The topological polar surface area (TPSA) is 128 Å². The van der Waals surface area contributed by atoms with Crippen LogP contribution in [0.3, 0.4) is 0 Å². The summed E-state index contributed by atoms with van der Waals surface area (Å²) < 4.78 is 6.50. The minimum atomic E-state index is -0.304. The standard InChI is InChI=1S/C18H21N7O3S/c1-5-25-17(15-16(19-12(4)26)24-28-23-15)21-22-18(25)29-9-14(27)20-13-7-10(2)6-11(3)8-13/h6-8H,5,9H2,1-4H3,(H,20,27)(H,19,24,26). The quantitative estimate of drug-likeness (QED) is 0.564. The van der Waals surface area contributed by atoms with Crippen molar-refractivity contribution in [3.63, 3.8) is 0 Å². The highest BCUT2D eigenvalue weighted by Gasteiger charge is 2.22. The number of benzene rings is 1. The van der Waals surface area contributed by atoms with Crippen LogP contribution >= 0.6 is 11.8 Å². The molecule has 152 valence electrons. The number of thioether (sulfide) groups is 1. The summed E-state index contributed by atoms with van der Waals surface area (Å²) in [7, 11) is 0. The second-order valence-corrected chi connectivity index (χ2v) is 7.35. The number of hydrogen-bond donors (Lipinski definition) is 2. The molecule has 29 heavy (non-hydrogen) atoms. The number of carbonyl (C=O) groups is 2. The Hall–Kier alpha value is -3.21. The zero-order chi connectivity index (χ0) is 21.0. The van der Waals surface area contributed by atoms with Crippen molar-refractivity contribution in [2.24, 2.45) is 0 Å². The van der Waals surface area contributed by atoms with Gasteiger partial charge < -0.3 is 15.2 Å². The van der Waals surface area contributed by atoms with E-state index in [2.05, 4.69) is 31.1 Å². The van der Waals surface area contributed by atoms with Crippen LogP contribution in [-0.4, -0.2) is 42.6 Å². The van der Waals surface area contributed by atoms with Crippen LogP contribution in [0.25, 0.3) is 11.5 Å². The molecule has 0 spiro atoms. The predicted octanol–water partition coefficient (Wildman–Crippen LogP) is 2.65. The van der Waals surface area contributed by atoms with E-state index in [4.69, 9.17) is 4.63 Å². The van der Waals surface area contributed by atoms with Crippen LogP contribution in [0, 0.1) is 13.8 Å². The smallest absolute Gasteiger partial charge is 0.234 e. The molecule has 3 aromatic rings. The van der Waals surface area contributed by atoms with Gasteiger partial charge in [-0.2, -0.15) is 0 Å². The van der Waals surface area contributed by atoms with Crippen molar-refractivity contribution in [3.05, 3.63) is 29.3 Å². The van der Waals surface area contributed by atoms with Crippen molar-refractivity contribution < 1.29 is 14.2 Å². The number of aryl methyl sites for hydroxylation is 2. The number of aromatic nitrogens is 5. The van der Waals surface area contributed by atoms with Crippen LogP contribution < -0.4 is 10.6 Å². The van der Waals surface area contributed by atoms with E-state index in [1.807, 2.05) is 39.0 Å². The largest absolute Gasteiger partial charge is 0.325 e. The third-order valence-corrected chi connectivity index (χ3v) is 4.83. The second kappa shape index (κ2) is 8.86. The van der Waals surface area contributed by atoms with Gasteiger partial charge in [-0.1, -0.05) is 17.8 Å². The molecule has 11 heteroatoms. The third kappa shape index (κ3) is 4.99. The SMILES string of the molecule is CCn1c(SCC(=O)Nc2cc(C)cc(C)c2)nnc1-c1nonc1NC(C)=O. The third-order valence-electron chi connectivity index (χ3n) is 3.87. The van der Waals surface area contributed by atoms with E-state index in [9.17, 15) is 9.59 Å². The summed E-state index contributed by atoms with van der Waals surface area (Å²) in [6.07, 6.45) is 0. The molecule has 2 heterocycles. The lowest BCUT2D eigenvalue weighted by Crippen LogP contribution is -2.15. The zero-order valence-electron chi connectivity index (χ0n) is 16.5. The minimum absolute atomic E-state index is 0.144. The predicted molar refractivity (Wildman–Crippen MR) is 109 cm³/mol. The summed E-state index contributed by atoms with van der Waals surface area (Å²) >= 11 is 1.26. The molecule has 0 unspecified atom stereocenters. The van der Waals surface area contributed by atoms with Gasteiger partial charge >= 0.3 is 0 Å². The van der Waals surface area contributed by atoms with Crippen molar-refractivity contribution in [2.45, 2.75) is 39.4 Å². The average Bonchev–Trinajstić information content (AvgIpc) is 3.24. The summed E-state index contributed by atoms with van der Waals surface area (Å²) in [6, 6.07) is 5.89. The summed E-state index contributed by atoms with van der Waals surface area (Å²) in [4.78, 5) is 23.7. The van der Waals surface area contributed by atoms with E-state index < -0.39 is 0 Å². The molecule has 2 N–H and O–H groups in total. The Morgan fingerprint density at radius 1 is 1.10 bits per heavy atom. The van der Waals surface area contributed by atoms with Crippen LogP contribution in [0.5, 0.6) is 0 Å². The van der Waals surface area contributed by atoms with Crippen molar-refractivity contribution in [1.82, 2.24) is 25.1 Å². The Balaban J connectivity index is 1.71. The molecule has 3 rings (SSSR count). The maximum Gasteiger partial charge on any atom is 0.234 e. The minimum Gasteiger partial charge on any atom is -0.325 e. The van der Waals surface area contributed by atoms with Gasteiger partial charge in [0.1, 0.15) is 0 Å². The molecule has 1 aromatic carbocycles. The molecule has 0 bridgehead atoms. The fourth-order valence-electron chi connectivity index (χ4n) is 2.81. The first kappa shape index (κ1) is 20.5. The average molecular weight is 415 g/mol. The molecule has 10 nitrogen and oxygen atoms in total. The monoisotopic (exact) mass is 415 g/mol. The van der Waals surface area contributed by atoms with E-state index in [0.29, 0.717) is 17.5 Å². The number of carbonyl (C=O) groups excluding carboxylic acids is 2. The van der Waals surface area contributed by atoms with Gasteiger partial charge in [0, 0.05) is 19.2 Å². The van der Waals surface area contributed by atoms with E-state index >= 15 is 0 Å². The highest BCUT2D eigenvalue weighted by Crippen LogP contribution is 2.27. The highest BCUT2D eigenvalue weighted by molar-refractivity contribution is 7.99. The summed E-state index contributed by atoms with van der Waals surface area (Å²) in [5.41, 5.74) is 3.21. The molecule has 0 atom stereocenters. The van der Waals surface area contributed by atoms with Gasteiger partial charge in [-0.05, 0) is 54.3 Å². The van der Waals surface area contributed by atoms with Gasteiger partial charge in [-0.3, -0.25) is 9.59 Å². The Morgan fingerprint density at radius 2 is 1.83 bits per heavy atom. The molecule has 0 aliphatic rings. The number of hydrogen-bond acceptors (Lipinski definition) is 8. The van der Waals surface area contributed by atoms with Crippen molar-refractivity contribution in [1.29, 1.82) is 0 Å². The van der Waals surface area contributed by atoms with Gasteiger partial charge in [0.05, 0.1) is 5.75 Å². The van der Waals surface area contributed by atoms with Crippen LogP contribution in [0.15, 0.2) is 28.0 Å². The lowest BCUT2D eigenvalue weighted by molar-refractivity contribution is -0.114. The molecule has 0 fully saturated rings. The molecule has 0 saturated carbocycles. The first-order chi connectivity index (χ1) is 13.9. The molecule has 2 amide bonds. The number of rotatable bonds is 7. The number of amides is 2. The Morgan fingerprint density at radius 3 is 2.48 bits per heavy atom. The first-order valence-corrected chi connectivity index (χ1v) is 9.90. The summed E-state index contributed by atoms with van der Waals surface area (Å²) in [6.45, 7) is 7.78. The molecular formula is C18H21N7O3S. The molecule has 0 aliphatic carbocycles. The maximum atomic E-state index is 12.3. The van der Waals surface area contributed by atoms with Gasteiger partial charge in [-0.15, -0.1) is 10.2 Å². The van der Waals surface area contributed by atoms with E-state index in [-0.39, 0.29) is 29.1 Å². The maximum absolute atomic E-state index is 12.3.